The second-order valence-corrected chi connectivity index (χ2v) is 9.16. The number of amides is 1. The number of nitrogens with zero attached hydrogens (tertiary/aromatic N) is 1. The van der Waals surface area contributed by atoms with Crippen molar-refractivity contribution in [2.75, 3.05) is 31.1 Å². The lowest BCUT2D eigenvalue weighted by atomic mass is 10.0. The molecule has 0 saturated carbocycles. The molecule has 1 aliphatic heterocycles. The summed E-state index contributed by atoms with van der Waals surface area (Å²) in [4.78, 5) is 18.2. The van der Waals surface area contributed by atoms with E-state index in [0.717, 1.165) is 41.2 Å². The Morgan fingerprint density at radius 1 is 1.28 bits per heavy atom. The molecule has 0 aliphatic carbocycles. The normalized spacial score (nSPS) is 17.1. The van der Waals surface area contributed by atoms with E-state index in [1.165, 1.54) is 5.56 Å². The molecule has 3 rings (SSSR count). The number of benzene rings is 1. The molecule has 0 radical (unpaired) electrons. The van der Waals surface area contributed by atoms with Gasteiger partial charge in [0.15, 0.2) is 0 Å². The standard InChI is InChI=1S/C19H27N3O2S/c1-13-14(2)21-17-6-5-15(11-16(13)17)18(23)20-12-19(3,4)22-7-9-25(24)10-8-22/h5-6,11,21H,7-10,12H2,1-4H3,(H,20,23). The van der Waals surface area contributed by atoms with Crippen molar-refractivity contribution in [2.45, 2.75) is 33.2 Å². The maximum absolute atomic E-state index is 12.6. The van der Waals surface area contributed by atoms with Crippen molar-refractivity contribution in [3.8, 4) is 0 Å². The first kappa shape index (κ1) is 18.1. The number of aryl methyl sites for hydroxylation is 2. The average Bonchev–Trinajstić information content (AvgIpc) is 2.87. The molecule has 1 aromatic carbocycles. The van der Waals surface area contributed by atoms with E-state index >= 15 is 0 Å². The van der Waals surface area contributed by atoms with Gasteiger partial charge in [-0.3, -0.25) is 13.9 Å². The Labute approximate surface area is 151 Å². The van der Waals surface area contributed by atoms with Gasteiger partial charge < -0.3 is 10.3 Å². The van der Waals surface area contributed by atoms with Crippen LogP contribution in [0.25, 0.3) is 10.9 Å². The lowest BCUT2D eigenvalue weighted by Gasteiger charge is -2.40. The zero-order valence-corrected chi connectivity index (χ0v) is 16.3. The Morgan fingerprint density at radius 2 is 1.96 bits per heavy atom. The van der Waals surface area contributed by atoms with Crippen LogP contribution in [0.1, 0.15) is 35.5 Å². The zero-order chi connectivity index (χ0) is 18.2. The minimum Gasteiger partial charge on any atom is -0.358 e. The lowest BCUT2D eigenvalue weighted by Crippen LogP contribution is -2.55. The van der Waals surface area contributed by atoms with Gasteiger partial charge in [0.25, 0.3) is 5.91 Å². The highest BCUT2D eigenvalue weighted by atomic mass is 32.2. The summed E-state index contributed by atoms with van der Waals surface area (Å²) in [5, 5.41) is 4.17. The Balaban J connectivity index is 1.67. The monoisotopic (exact) mass is 361 g/mol. The fraction of sp³-hybridized carbons (Fsp3) is 0.526. The average molecular weight is 362 g/mol. The van der Waals surface area contributed by atoms with Crippen LogP contribution in [0.4, 0.5) is 0 Å². The van der Waals surface area contributed by atoms with Gasteiger partial charge in [-0.2, -0.15) is 0 Å². The van der Waals surface area contributed by atoms with Gasteiger partial charge in [0.1, 0.15) is 0 Å². The topological polar surface area (TPSA) is 65.2 Å². The zero-order valence-electron chi connectivity index (χ0n) is 15.4. The molecule has 0 atom stereocenters. The van der Waals surface area contributed by atoms with E-state index in [1.54, 1.807) is 0 Å². The maximum Gasteiger partial charge on any atom is 0.251 e. The second-order valence-electron chi connectivity index (χ2n) is 7.47. The van der Waals surface area contributed by atoms with Crippen LogP contribution in [-0.4, -0.2) is 56.7 Å². The van der Waals surface area contributed by atoms with Crippen LogP contribution in [0.5, 0.6) is 0 Å². The number of hydrogen-bond donors (Lipinski definition) is 2. The van der Waals surface area contributed by atoms with Crippen LogP contribution in [0.15, 0.2) is 18.2 Å². The van der Waals surface area contributed by atoms with Gasteiger partial charge in [-0.25, -0.2) is 0 Å². The molecule has 0 spiro atoms. The van der Waals surface area contributed by atoms with E-state index < -0.39 is 10.8 Å². The highest BCUT2D eigenvalue weighted by Crippen LogP contribution is 2.22. The van der Waals surface area contributed by atoms with Crippen molar-refractivity contribution in [3.63, 3.8) is 0 Å². The lowest BCUT2D eigenvalue weighted by molar-refractivity contribution is 0.0883. The molecule has 1 fully saturated rings. The van der Waals surface area contributed by atoms with Crippen LogP contribution in [-0.2, 0) is 10.8 Å². The van der Waals surface area contributed by atoms with Gasteiger partial charge in [-0.15, -0.1) is 0 Å². The molecular weight excluding hydrogens is 334 g/mol. The number of nitrogens with one attached hydrogen (secondary N) is 2. The van der Waals surface area contributed by atoms with Gasteiger partial charge in [-0.1, -0.05) is 0 Å². The van der Waals surface area contributed by atoms with Gasteiger partial charge in [-0.05, 0) is 51.5 Å². The summed E-state index contributed by atoms with van der Waals surface area (Å²) in [6, 6.07) is 5.79. The number of carbonyl (C=O) groups is 1. The third-order valence-electron chi connectivity index (χ3n) is 5.29. The number of hydrogen-bond acceptors (Lipinski definition) is 3. The van der Waals surface area contributed by atoms with Gasteiger partial charge >= 0.3 is 0 Å². The molecular formula is C19H27N3O2S. The van der Waals surface area contributed by atoms with Crippen molar-refractivity contribution >= 4 is 27.6 Å². The largest absolute Gasteiger partial charge is 0.358 e. The van der Waals surface area contributed by atoms with Crippen molar-refractivity contribution in [2.24, 2.45) is 0 Å². The van der Waals surface area contributed by atoms with Crippen LogP contribution in [0, 0.1) is 13.8 Å². The number of aromatic nitrogens is 1. The summed E-state index contributed by atoms with van der Waals surface area (Å²) in [6.45, 7) is 10.6. The molecule has 2 aromatic rings. The van der Waals surface area contributed by atoms with Crippen LogP contribution >= 0.6 is 0 Å². The summed E-state index contributed by atoms with van der Waals surface area (Å²) in [5.74, 6) is 1.40. The summed E-state index contributed by atoms with van der Waals surface area (Å²) < 4.78 is 11.5. The quantitative estimate of drug-likeness (QED) is 0.879. The fourth-order valence-electron chi connectivity index (χ4n) is 3.36. The van der Waals surface area contributed by atoms with Gasteiger partial charge in [0.2, 0.25) is 0 Å². The number of rotatable bonds is 4. The first-order valence-electron chi connectivity index (χ1n) is 8.75. The molecule has 1 aliphatic rings. The Morgan fingerprint density at radius 3 is 2.64 bits per heavy atom. The summed E-state index contributed by atoms with van der Waals surface area (Å²) in [5.41, 5.74) is 3.92. The third kappa shape index (κ3) is 3.80. The van der Waals surface area contributed by atoms with Gasteiger partial charge in [0.05, 0.1) is 0 Å². The number of carbonyl (C=O) groups excluding carboxylic acids is 1. The molecule has 2 N–H and O–H groups in total. The predicted octanol–water partition coefficient (Wildman–Crippen LogP) is 2.36. The molecule has 2 heterocycles. The maximum atomic E-state index is 12.6. The van der Waals surface area contributed by atoms with Gasteiger partial charge in [0, 0.05) is 69.6 Å². The fourth-order valence-corrected chi connectivity index (χ4v) is 4.41. The van der Waals surface area contributed by atoms with Crippen LogP contribution in [0.3, 0.4) is 0 Å². The molecule has 5 nitrogen and oxygen atoms in total. The molecule has 1 aromatic heterocycles. The highest BCUT2D eigenvalue weighted by Gasteiger charge is 2.30. The Hall–Kier alpha value is -1.66. The van der Waals surface area contributed by atoms with Crippen molar-refractivity contribution in [3.05, 3.63) is 35.0 Å². The van der Waals surface area contributed by atoms with Crippen molar-refractivity contribution in [1.82, 2.24) is 15.2 Å². The smallest absolute Gasteiger partial charge is 0.251 e. The van der Waals surface area contributed by atoms with Crippen molar-refractivity contribution in [1.29, 1.82) is 0 Å². The second kappa shape index (κ2) is 6.92. The predicted molar refractivity (Wildman–Crippen MR) is 104 cm³/mol. The minimum atomic E-state index is -0.684. The van der Waals surface area contributed by atoms with Crippen molar-refractivity contribution < 1.29 is 9.00 Å². The minimum absolute atomic E-state index is 0.0474. The summed E-state index contributed by atoms with van der Waals surface area (Å²) >= 11 is 0. The molecule has 136 valence electrons. The van der Waals surface area contributed by atoms with Crippen LogP contribution in [0.2, 0.25) is 0 Å². The SMILES string of the molecule is Cc1[nH]c2ccc(C(=O)NCC(C)(C)N3CCS(=O)CC3)cc2c1C. The summed E-state index contributed by atoms with van der Waals surface area (Å²) in [6.07, 6.45) is 0. The first-order chi connectivity index (χ1) is 11.8. The molecule has 0 bridgehead atoms. The molecule has 6 heteroatoms. The van der Waals surface area contributed by atoms with E-state index in [2.05, 4.69) is 36.0 Å². The highest BCUT2D eigenvalue weighted by molar-refractivity contribution is 7.85. The summed E-state index contributed by atoms with van der Waals surface area (Å²) in [7, 11) is -0.684. The van der Waals surface area contributed by atoms with E-state index in [-0.39, 0.29) is 11.4 Å². The van der Waals surface area contributed by atoms with E-state index in [4.69, 9.17) is 0 Å². The first-order valence-corrected chi connectivity index (χ1v) is 10.2. The van der Waals surface area contributed by atoms with Crippen LogP contribution < -0.4 is 5.32 Å². The molecule has 1 saturated heterocycles. The Kier molecular flexibility index (Phi) is 5.02. The number of H-pyrrole nitrogens is 1. The molecule has 25 heavy (non-hydrogen) atoms. The number of aromatic amines is 1. The third-order valence-corrected chi connectivity index (χ3v) is 6.56. The van der Waals surface area contributed by atoms with E-state index in [9.17, 15) is 9.00 Å². The Bertz CT molecular complexity index is 815. The van der Waals surface area contributed by atoms with E-state index in [0.29, 0.717) is 12.1 Å². The van der Waals surface area contributed by atoms with E-state index in [1.807, 2.05) is 25.1 Å². The molecule has 0 unspecified atom stereocenters. The number of fused-ring (bicyclic) bond motifs is 1. The molecule has 1 amide bonds.